The van der Waals surface area contributed by atoms with Crippen LogP contribution in [0.1, 0.15) is 33.6 Å². The number of aromatic nitrogens is 1. The Hall–Kier alpha value is -2.29. The predicted octanol–water partition coefficient (Wildman–Crippen LogP) is 3.89. The Labute approximate surface area is 137 Å². The lowest BCUT2D eigenvalue weighted by Gasteiger charge is -2.23. The highest BCUT2D eigenvalue weighted by Gasteiger charge is 2.50. The normalized spacial score (nSPS) is 16.8. The lowest BCUT2D eigenvalue weighted by molar-refractivity contribution is -0.138. The van der Waals surface area contributed by atoms with E-state index in [1.54, 1.807) is 0 Å². The van der Waals surface area contributed by atoms with Crippen LogP contribution in [-0.4, -0.2) is 21.4 Å². The van der Waals surface area contributed by atoms with Gasteiger partial charge in [0.05, 0.1) is 17.7 Å². The van der Waals surface area contributed by atoms with Crippen LogP contribution < -0.4 is 0 Å². The average molecular weight is 363 g/mol. The van der Waals surface area contributed by atoms with Gasteiger partial charge in [-0.1, -0.05) is 0 Å². The van der Waals surface area contributed by atoms with Gasteiger partial charge < -0.3 is 9.67 Å². The highest BCUT2D eigenvalue weighted by molar-refractivity contribution is 6.05. The molecule has 1 aromatic heterocycles. The molecule has 0 fully saturated rings. The molecule has 2 aromatic rings. The summed E-state index contributed by atoms with van der Waals surface area (Å²) in [7, 11) is 0. The Balaban J connectivity index is 2.26. The van der Waals surface area contributed by atoms with Crippen molar-refractivity contribution in [3.63, 3.8) is 0 Å². The minimum atomic E-state index is -5.00. The minimum absolute atomic E-state index is 0.0372. The molecule has 0 saturated heterocycles. The second-order valence-electron chi connectivity index (χ2n) is 5.70. The van der Waals surface area contributed by atoms with E-state index in [1.807, 2.05) is 0 Å². The van der Waals surface area contributed by atoms with Gasteiger partial charge in [0.15, 0.2) is 0 Å². The number of Topliss-reactive ketones (excluding diaryl/α,β-unsaturated/α-hetero) is 1. The van der Waals surface area contributed by atoms with E-state index in [0.29, 0.717) is 6.20 Å². The predicted molar refractivity (Wildman–Crippen MR) is 74.3 cm³/mol. The molecule has 134 valence electrons. The summed E-state index contributed by atoms with van der Waals surface area (Å²) >= 11 is 0. The number of fused-ring (bicyclic) bond motifs is 1. The molecule has 0 bridgehead atoms. The topological polar surface area (TPSA) is 42.2 Å². The zero-order valence-electron chi connectivity index (χ0n) is 12.5. The number of hydrogen-bond donors (Lipinski definition) is 1. The van der Waals surface area contributed by atoms with E-state index in [4.69, 9.17) is 5.11 Å². The van der Waals surface area contributed by atoms with Crippen molar-refractivity contribution < 1.29 is 36.2 Å². The number of benzene rings is 1. The van der Waals surface area contributed by atoms with E-state index >= 15 is 0 Å². The zero-order valence-corrected chi connectivity index (χ0v) is 12.5. The minimum Gasteiger partial charge on any atom is -0.392 e. The molecule has 1 heterocycles. The lowest BCUT2D eigenvalue weighted by Crippen LogP contribution is -2.35. The second-order valence-corrected chi connectivity index (χ2v) is 5.70. The molecule has 3 rings (SSSR count). The molecule has 0 unspecified atom stereocenters. The number of aliphatic hydroxyl groups excluding tert-OH is 1. The monoisotopic (exact) mass is 363 g/mol. The summed E-state index contributed by atoms with van der Waals surface area (Å²) in [5, 5.41) is 9.09. The molecule has 0 spiro atoms. The number of ketones is 1. The molecule has 0 saturated carbocycles. The fourth-order valence-corrected chi connectivity index (χ4v) is 2.90. The van der Waals surface area contributed by atoms with Crippen LogP contribution in [-0.2, 0) is 19.2 Å². The molecule has 1 aromatic carbocycles. The van der Waals surface area contributed by atoms with Crippen molar-refractivity contribution in [3.8, 4) is 5.69 Å². The van der Waals surface area contributed by atoms with Crippen LogP contribution in [0.25, 0.3) is 5.69 Å². The maximum Gasteiger partial charge on any atom is 0.418 e. The Morgan fingerprint density at radius 3 is 2.52 bits per heavy atom. The van der Waals surface area contributed by atoms with Crippen LogP contribution in [0.3, 0.4) is 0 Å². The Bertz CT molecular complexity index is 853. The molecular formula is C16H11F6NO2. The molecular weight excluding hydrogens is 352 g/mol. The van der Waals surface area contributed by atoms with Crippen LogP contribution >= 0.6 is 0 Å². The molecule has 0 amide bonds. The lowest BCUT2D eigenvalue weighted by atomic mass is 9.90. The first-order valence-corrected chi connectivity index (χ1v) is 7.20. The molecule has 1 N–H and O–H groups in total. The highest BCUT2D eigenvalue weighted by atomic mass is 19.4. The van der Waals surface area contributed by atoms with Crippen molar-refractivity contribution in [2.45, 2.75) is 31.5 Å². The molecule has 3 nitrogen and oxygen atoms in total. The van der Waals surface area contributed by atoms with Crippen molar-refractivity contribution in [1.29, 1.82) is 0 Å². The number of rotatable bonds is 2. The van der Waals surface area contributed by atoms with Crippen molar-refractivity contribution in [3.05, 3.63) is 52.6 Å². The van der Waals surface area contributed by atoms with Gasteiger partial charge in [-0.15, -0.1) is 0 Å². The number of aliphatic hydroxyl groups is 1. The van der Waals surface area contributed by atoms with E-state index in [2.05, 4.69) is 0 Å². The summed E-state index contributed by atoms with van der Waals surface area (Å²) in [6.07, 6.45) is -5.80. The van der Waals surface area contributed by atoms with Gasteiger partial charge in [0, 0.05) is 29.6 Å². The van der Waals surface area contributed by atoms with Gasteiger partial charge in [-0.3, -0.25) is 4.79 Å². The standard InChI is InChI=1S/C16H11F6NO2/c17-11-2-1-9(5-8(11)7-24)23-6-10(16(20,21)22)13-12(23)3-4-15(18,19)14(13)25/h1-2,5-6,24H,3-4,7H2. The van der Waals surface area contributed by atoms with Crippen LogP contribution in [0.15, 0.2) is 24.4 Å². The molecule has 1 aliphatic carbocycles. The molecule has 0 atom stereocenters. The summed E-state index contributed by atoms with van der Waals surface area (Å²) in [5.41, 5.74) is -2.85. The first kappa shape index (κ1) is 17.5. The zero-order chi connectivity index (χ0) is 18.6. The van der Waals surface area contributed by atoms with Gasteiger partial charge >= 0.3 is 12.1 Å². The third-order valence-corrected chi connectivity index (χ3v) is 4.13. The maximum atomic E-state index is 13.6. The van der Waals surface area contributed by atoms with Crippen molar-refractivity contribution in [1.82, 2.24) is 4.57 Å². The number of carbonyl (C=O) groups is 1. The van der Waals surface area contributed by atoms with E-state index in [1.165, 1.54) is 0 Å². The SMILES string of the molecule is O=C1c2c(C(F)(F)F)cn(-c3ccc(F)c(CO)c3)c2CCC1(F)F. The highest BCUT2D eigenvalue weighted by Crippen LogP contribution is 2.42. The van der Waals surface area contributed by atoms with Gasteiger partial charge in [-0.05, 0) is 24.6 Å². The summed E-state index contributed by atoms with van der Waals surface area (Å²) < 4.78 is 81.4. The Kier molecular flexibility index (Phi) is 3.94. The third kappa shape index (κ3) is 2.82. The van der Waals surface area contributed by atoms with Gasteiger partial charge in [0.2, 0.25) is 5.78 Å². The largest absolute Gasteiger partial charge is 0.418 e. The first-order chi connectivity index (χ1) is 11.6. The smallest absolute Gasteiger partial charge is 0.392 e. The van der Waals surface area contributed by atoms with Gasteiger partial charge in [0.25, 0.3) is 0 Å². The molecule has 0 aliphatic heterocycles. The fourth-order valence-electron chi connectivity index (χ4n) is 2.90. The summed E-state index contributed by atoms with van der Waals surface area (Å²) in [4.78, 5) is 11.9. The summed E-state index contributed by atoms with van der Waals surface area (Å²) in [5.74, 6) is -6.49. The van der Waals surface area contributed by atoms with Crippen molar-refractivity contribution in [2.24, 2.45) is 0 Å². The van der Waals surface area contributed by atoms with Crippen LogP contribution in [0.5, 0.6) is 0 Å². The second kappa shape index (κ2) is 5.62. The fraction of sp³-hybridized carbons (Fsp3) is 0.312. The van der Waals surface area contributed by atoms with Crippen LogP contribution in [0.4, 0.5) is 26.3 Å². The van der Waals surface area contributed by atoms with Gasteiger partial charge in [-0.25, -0.2) is 4.39 Å². The van der Waals surface area contributed by atoms with Gasteiger partial charge in [-0.2, -0.15) is 22.0 Å². The van der Waals surface area contributed by atoms with Crippen molar-refractivity contribution >= 4 is 5.78 Å². The molecule has 0 radical (unpaired) electrons. The van der Waals surface area contributed by atoms with E-state index in [0.717, 1.165) is 22.8 Å². The average Bonchev–Trinajstić information content (AvgIpc) is 2.92. The summed E-state index contributed by atoms with van der Waals surface area (Å²) in [6.45, 7) is -0.688. The third-order valence-electron chi connectivity index (χ3n) is 4.13. The number of nitrogens with zero attached hydrogens (tertiary/aromatic N) is 1. The quantitative estimate of drug-likeness (QED) is 0.823. The molecule has 25 heavy (non-hydrogen) atoms. The number of carbonyl (C=O) groups excluding carboxylic acids is 1. The molecule has 9 heteroatoms. The van der Waals surface area contributed by atoms with Crippen LogP contribution in [0.2, 0.25) is 0 Å². The Morgan fingerprint density at radius 1 is 1.24 bits per heavy atom. The Morgan fingerprint density at radius 2 is 1.92 bits per heavy atom. The maximum absolute atomic E-state index is 13.6. The number of halogens is 6. The number of hydrogen-bond acceptors (Lipinski definition) is 2. The van der Waals surface area contributed by atoms with E-state index in [9.17, 15) is 31.1 Å². The van der Waals surface area contributed by atoms with E-state index in [-0.39, 0.29) is 16.9 Å². The summed E-state index contributed by atoms with van der Waals surface area (Å²) in [6, 6.07) is 3.19. The van der Waals surface area contributed by atoms with Gasteiger partial charge in [0.1, 0.15) is 5.82 Å². The molecule has 1 aliphatic rings. The van der Waals surface area contributed by atoms with E-state index < -0.39 is 54.3 Å². The first-order valence-electron chi connectivity index (χ1n) is 7.20. The van der Waals surface area contributed by atoms with Crippen molar-refractivity contribution in [2.75, 3.05) is 0 Å². The van der Waals surface area contributed by atoms with Crippen LogP contribution in [0, 0.1) is 5.82 Å². The number of alkyl halides is 5.